The molecule has 8 nitrogen and oxygen atoms in total. The molecule has 2 aromatic heterocycles. The lowest BCUT2D eigenvalue weighted by molar-refractivity contribution is 0.105. The fourth-order valence-electron chi connectivity index (χ4n) is 3.57. The number of para-hydroxylation sites is 1. The third-order valence-electron chi connectivity index (χ3n) is 5.11. The second kappa shape index (κ2) is 8.81. The molecule has 0 bridgehead atoms. The molecular weight excluding hydrogens is 368 g/mol. The summed E-state index contributed by atoms with van der Waals surface area (Å²) in [7, 11) is 0. The number of aromatic amines is 1. The molecule has 0 unspecified atom stereocenters. The van der Waals surface area contributed by atoms with Crippen LogP contribution in [0, 0.1) is 0 Å². The van der Waals surface area contributed by atoms with Gasteiger partial charge in [0.15, 0.2) is 0 Å². The highest BCUT2D eigenvalue weighted by atomic mass is 16.6. The predicted octanol–water partition coefficient (Wildman–Crippen LogP) is 2.89. The molecular formula is C21H26N6O2. The SMILES string of the molecule is CCOC(=O)N1CCN(c2nccc(NCCc3c[nH]c4ccccc34)n2)CC1. The normalized spacial score (nSPS) is 14.2. The molecule has 0 aliphatic carbocycles. The van der Waals surface area contributed by atoms with Gasteiger partial charge in [0, 0.05) is 56.0 Å². The number of H-pyrrole nitrogens is 1. The lowest BCUT2D eigenvalue weighted by Gasteiger charge is -2.34. The number of anilines is 2. The van der Waals surface area contributed by atoms with E-state index in [4.69, 9.17) is 4.74 Å². The molecule has 1 aliphatic rings. The number of rotatable bonds is 6. The number of carbonyl (C=O) groups is 1. The molecule has 1 fully saturated rings. The molecule has 2 N–H and O–H groups in total. The third kappa shape index (κ3) is 4.42. The number of fused-ring (bicyclic) bond motifs is 1. The van der Waals surface area contributed by atoms with Crippen LogP contribution in [0.2, 0.25) is 0 Å². The minimum Gasteiger partial charge on any atom is -0.450 e. The summed E-state index contributed by atoms with van der Waals surface area (Å²) in [4.78, 5) is 28.0. The van der Waals surface area contributed by atoms with Gasteiger partial charge in [-0.05, 0) is 31.0 Å². The molecule has 0 atom stereocenters. The lowest BCUT2D eigenvalue weighted by atomic mass is 10.1. The Kier molecular flexibility index (Phi) is 5.79. The van der Waals surface area contributed by atoms with Gasteiger partial charge in [-0.3, -0.25) is 0 Å². The van der Waals surface area contributed by atoms with E-state index >= 15 is 0 Å². The maximum Gasteiger partial charge on any atom is 0.409 e. The summed E-state index contributed by atoms with van der Waals surface area (Å²) in [5.74, 6) is 1.49. The number of amides is 1. The standard InChI is InChI=1S/C21H26N6O2/c1-2-29-21(28)27-13-11-26(12-14-27)20-23-10-8-19(25-20)22-9-7-16-15-24-18-6-4-3-5-17(16)18/h3-6,8,10,15,24H,2,7,9,11-14H2,1H3,(H,22,23,25). The zero-order valence-corrected chi connectivity index (χ0v) is 16.6. The van der Waals surface area contributed by atoms with E-state index in [0.29, 0.717) is 38.7 Å². The Morgan fingerprint density at radius 3 is 2.86 bits per heavy atom. The van der Waals surface area contributed by atoms with Crippen LogP contribution in [0.25, 0.3) is 10.9 Å². The highest BCUT2D eigenvalue weighted by Gasteiger charge is 2.23. The Hall–Kier alpha value is -3.29. The molecule has 1 aromatic carbocycles. The number of carbonyl (C=O) groups excluding carboxylic acids is 1. The Labute approximate surface area is 169 Å². The molecule has 0 spiro atoms. The van der Waals surface area contributed by atoms with Crippen LogP contribution >= 0.6 is 0 Å². The summed E-state index contributed by atoms with van der Waals surface area (Å²) >= 11 is 0. The number of nitrogens with zero attached hydrogens (tertiary/aromatic N) is 4. The van der Waals surface area contributed by atoms with Gasteiger partial charge in [0.25, 0.3) is 0 Å². The minimum atomic E-state index is -0.249. The first kappa shape index (κ1) is 19.0. The van der Waals surface area contributed by atoms with Gasteiger partial charge in [-0.25, -0.2) is 9.78 Å². The molecule has 3 heterocycles. The maximum atomic E-state index is 11.8. The summed E-state index contributed by atoms with van der Waals surface area (Å²) in [5.41, 5.74) is 2.45. The highest BCUT2D eigenvalue weighted by Crippen LogP contribution is 2.18. The Morgan fingerprint density at radius 2 is 2.03 bits per heavy atom. The zero-order valence-electron chi connectivity index (χ0n) is 16.6. The van der Waals surface area contributed by atoms with E-state index in [1.54, 1.807) is 11.1 Å². The van der Waals surface area contributed by atoms with Gasteiger partial charge >= 0.3 is 6.09 Å². The Bertz CT molecular complexity index is 964. The number of aromatic nitrogens is 3. The van der Waals surface area contributed by atoms with Gasteiger partial charge in [-0.2, -0.15) is 4.98 Å². The number of nitrogens with one attached hydrogen (secondary N) is 2. The average molecular weight is 394 g/mol. The molecule has 29 heavy (non-hydrogen) atoms. The van der Waals surface area contributed by atoms with Crippen LogP contribution in [-0.2, 0) is 11.2 Å². The summed E-state index contributed by atoms with van der Waals surface area (Å²) in [5, 5.41) is 4.66. The summed E-state index contributed by atoms with van der Waals surface area (Å²) in [6.45, 7) is 5.61. The second-order valence-electron chi connectivity index (χ2n) is 6.95. The molecule has 0 radical (unpaired) electrons. The van der Waals surface area contributed by atoms with Crippen LogP contribution in [0.15, 0.2) is 42.7 Å². The molecule has 1 aliphatic heterocycles. The van der Waals surface area contributed by atoms with Crippen LogP contribution in [-0.4, -0.2) is 65.3 Å². The Morgan fingerprint density at radius 1 is 1.21 bits per heavy atom. The van der Waals surface area contributed by atoms with E-state index in [1.807, 2.05) is 19.1 Å². The van der Waals surface area contributed by atoms with Crippen LogP contribution < -0.4 is 10.2 Å². The van der Waals surface area contributed by atoms with Crippen molar-refractivity contribution in [1.29, 1.82) is 0 Å². The largest absolute Gasteiger partial charge is 0.450 e. The topological polar surface area (TPSA) is 86.4 Å². The monoisotopic (exact) mass is 394 g/mol. The van der Waals surface area contributed by atoms with Crippen molar-refractivity contribution in [2.75, 3.05) is 49.5 Å². The maximum absolute atomic E-state index is 11.8. The van der Waals surface area contributed by atoms with E-state index in [9.17, 15) is 4.79 Å². The predicted molar refractivity (Wildman–Crippen MR) is 113 cm³/mol. The third-order valence-corrected chi connectivity index (χ3v) is 5.11. The van der Waals surface area contributed by atoms with Crippen molar-refractivity contribution in [2.24, 2.45) is 0 Å². The van der Waals surface area contributed by atoms with E-state index in [2.05, 4.69) is 49.6 Å². The van der Waals surface area contributed by atoms with Crippen LogP contribution in [0.4, 0.5) is 16.6 Å². The molecule has 152 valence electrons. The van der Waals surface area contributed by atoms with Crippen LogP contribution in [0.3, 0.4) is 0 Å². The van der Waals surface area contributed by atoms with Crippen LogP contribution in [0.1, 0.15) is 12.5 Å². The number of hydrogen-bond donors (Lipinski definition) is 2. The van der Waals surface area contributed by atoms with Crippen molar-refractivity contribution >= 4 is 28.8 Å². The molecule has 8 heteroatoms. The van der Waals surface area contributed by atoms with Crippen molar-refractivity contribution in [1.82, 2.24) is 19.9 Å². The molecule has 3 aromatic rings. The average Bonchev–Trinajstić information content (AvgIpc) is 3.17. The quantitative estimate of drug-likeness (QED) is 0.669. The first-order valence-electron chi connectivity index (χ1n) is 10.0. The van der Waals surface area contributed by atoms with E-state index in [1.165, 1.54) is 10.9 Å². The fraction of sp³-hybridized carbons (Fsp3) is 0.381. The van der Waals surface area contributed by atoms with Crippen molar-refractivity contribution in [3.8, 4) is 0 Å². The van der Waals surface area contributed by atoms with Crippen molar-refractivity contribution in [3.05, 3.63) is 48.3 Å². The van der Waals surface area contributed by atoms with E-state index in [0.717, 1.165) is 24.3 Å². The number of ether oxygens (including phenoxy) is 1. The lowest BCUT2D eigenvalue weighted by Crippen LogP contribution is -2.49. The smallest absolute Gasteiger partial charge is 0.409 e. The number of piperazine rings is 1. The van der Waals surface area contributed by atoms with Gasteiger partial charge < -0.3 is 24.8 Å². The fourth-order valence-corrected chi connectivity index (χ4v) is 3.57. The highest BCUT2D eigenvalue weighted by molar-refractivity contribution is 5.83. The number of benzene rings is 1. The van der Waals surface area contributed by atoms with Gasteiger partial charge in [-0.1, -0.05) is 18.2 Å². The van der Waals surface area contributed by atoms with E-state index in [-0.39, 0.29) is 6.09 Å². The summed E-state index contributed by atoms with van der Waals surface area (Å²) in [6, 6.07) is 10.2. The van der Waals surface area contributed by atoms with Gasteiger partial charge in [0.05, 0.1) is 6.61 Å². The van der Waals surface area contributed by atoms with Gasteiger partial charge in [-0.15, -0.1) is 0 Å². The van der Waals surface area contributed by atoms with Gasteiger partial charge in [0.2, 0.25) is 5.95 Å². The minimum absolute atomic E-state index is 0.249. The van der Waals surface area contributed by atoms with Gasteiger partial charge in [0.1, 0.15) is 5.82 Å². The van der Waals surface area contributed by atoms with Crippen molar-refractivity contribution in [2.45, 2.75) is 13.3 Å². The van der Waals surface area contributed by atoms with Crippen molar-refractivity contribution in [3.63, 3.8) is 0 Å². The Balaban J connectivity index is 1.31. The first-order chi connectivity index (χ1) is 14.2. The van der Waals surface area contributed by atoms with E-state index < -0.39 is 0 Å². The molecule has 1 amide bonds. The number of hydrogen-bond acceptors (Lipinski definition) is 6. The molecule has 0 saturated carbocycles. The summed E-state index contributed by atoms with van der Waals surface area (Å²) < 4.78 is 5.07. The first-order valence-corrected chi connectivity index (χ1v) is 10.0. The zero-order chi connectivity index (χ0) is 20.1. The molecule has 1 saturated heterocycles. The summed E-state index contributed by atoms with van der Waals surface area (Å²) in [6.07, 6.45) is 4.50. The molecule has 4 rings (SSSR count). The second-order valence-corrected chi connectivity index (χ2v) is 6.95. The van der Waals surface area contributed by atoms with Crippen LogP contribution in [0.5, 0.6) is 0 Å². The van der Waals surface area contributed by atoms with Crippen molar-refractivity contribution < 1.29 is 9.53 Å².